The number of hydrogen-bond donors (Lipinski definition) is 2. The molecule has 0 aliphatic heterocycles. The Kier molecular flexibility index (Phi) is 8.39. The van der Waals surface area contributed by atoms with E-state index in [9.17, 15) is 4.79 Å². The summed E-state index contributed by atoms with van der Waals surface area (Å²) in [5, 5.41) is 14.1. The molecule has 1 heterocycles. The summed E-state index contributed by atoms with van der Waals surface area (Å²) in [5.74, 6) is -0.213. The minimum atomic E-state index is -0.213. The second kappa shape index (κ2) is 10.0. The van der Waals surface area contributed by atoms with Gasteiger partial charge in [0.2, 0.25) is 0 Å². The molecular formula is C16H24ClN5O2. The summed E-state index contributed by atoms with van der Waals surface area (Å²) in [6.45, 7) is 6.47. The van der Waals surface area contributed by atoms with Crippen LogP contribution < -0.4 is 10.6 Å². The second-order valence-electron chi connectivity index (χ2n) is 5.27. The number of methoxy groups -OCH3 is 1. The van der Waals surface area contributed by atoms with Gasteiger partial charge in [-0.3, -0.25) is 4.79 Å². The molecule has 0 aliphatic carbocycles. The zero-order valence-corrected chi connectivity index (χ0v) is 15.0. The number of aromatic nitrogens is 3. The fourth-order valence-electron chi connectivity index (χ4n) is 2.19. The average molecular weight is 354 g/mol. The molecule has 8 heteroatoms. The molecule has 0 bridgehead atoms. The van der Waals surface area contributed by atoms with E-state index in [4.69, 9.17) is 4.74 Å². The Balaban J connectivity index is 0.00000288. The van der Waals surface area contributed by atoms with Gasteiger partial charge in [-0.1, -0.05) is 17.3 Å². The molecule has 0 aliphatic rings. The van der Waals surface area contributed by atoms with Gasteiger partial charge in [-0.25, -0.2) is 4.68 Å². The lowest BCUT2D eigenvalue weighted by Gasteiger charge is -2.06. The molecule has 0 unspecified atom stereocenters. The monoisotopic (exact) mass is 353 g/mol. The molecule has 0 saturated heterocycles. The van der Waals surface area contributed by atoms with Crippen LogP contribution in [0.4, 0.5) is 0 Å². The normalized spacial score (nSPS) is 10.3. The summed E-state index contributed by atoms with van der Waals surface area (Å²) >= 11 is 0. The van der Waals surface area contributed by atoms with E-state index in [-0.39, 0.29) is 18.3 Å². The van der Waals surface area contributed by atoms with Crippen LogP contribution in [-0.2, 0) is 4.74 Å². The Morgan fingerprint density at radius 3 is 2.75 bits per heavy atom. The van der Waals surface area contributed by atoms with Crippen molar-refractivity contribution >= 4 is 18.3 Å². The number of nitrogens with zero attached hydrogens (tertiary/aromatic N) is 3. The minimum absolute atomic E-state index is 0. The Bertz CT molecular complexity index is 660. The summed E-state index contributed by atoms with van der Waals surface area (Å²) in [6.07, 6.45) is 0. The summed E-state index contributed by atoms with van der Waals surface area (Å²) in [5.41, 5.74) is 3.10. The lowest BCUT2D eigenvalue weighted by molar-refractivity contribution is 0.0948. The third-order valence-electron chi connectivity index (χ3n) is 3.43. The predicted molar refractivity (Wildman–Crippen MR) is 95.2 cm³/mol. The first-order chi connectivity index (χ1) is 11.1. The molecule has 2 N–H and O–H groups in total. The van der Waals surface area contributed by atoms with Gasteiger partial charge in [-0.15, -0.1) is 17.5 Å². The van der Waals surface area contributed by atoms with Crippen molar-refractivity contribution < 1.29 is 9.53 Å². The fourth-order valence-corrected chi connectivity index (χ4v) is 2.19. The third-order valence-corrected chi connectivity index (χ3v) is 3.43. The lowest BCUT2D eigenvalue weighted by atomic mass is 10.2. The number of amides is 1. The maximum absolute atomic E-state index is 12.2. The van der Waals surface area contributed by atoms with E-state index in [1.807, 2.05) is 38.1 Å². The molecular weight excluding hydrogens is 330 g/mol. The largest absolute Gasteiger partial charge is 0.383 e. The number of benzene rings is 1. The predicted octanol–water partition coefficient (Wildman–Crippen LogP) is 1.27. The first kappa shape index (κ1) is 20.1. The highest BCUT2D eigenvalue weighted by molar-refractivity contribution is 5.93. The highest BCUT2D eigenvalue weighted by Gasteiger charge is 2.16. The van der Waals surface area contributed by atoms with Gasteiger partial charge < -0.3 is 15.4 Å². The molecule has 2 aromatic rings. The van der Waals surface area contributed by atoms with Gasteiger partial charge in [-0.05, 0) is 31.5 Å². The smallest absolute Gasteiger partial charge is 0.273 e. The summed E-state index contributed by atoms with van der Waals surface area (Å²) < 4.78 is 6.62. The molecule has 1 aromatic heterocycles. The first-order valence-electron chi connectivity index (χ1n) is 7.60. The van der Waals surface area contributed by atoms with Gasteiger partial charge in [0.1, 0.15) is 0 Å². The number of carbonyl (C=O) groups is 1. The molecule has 0 saturated carbocycles. The van der Waals surface area contributed by atoms with Gasteiger partial charge in [0.15, 0.2) is 5.69 Å². The topological polar surface area (TPSA) is 81.1 Å². The number of rotatable bonds is 8. The molecule has 0 atom stereocenters. The molecule has 0 fully saturated rings. The van der Waals surface area contributed by atoms with Gasteiger partial charge in [0.25, 0.3) is 5.91 Å². The second-order valence-corrected chi connectivity index (χ2v) is 5.27. The highest BCUT2D eigenvalue weighted by atomic mass is 35.5. The molecule has 24 heavy (non-hydrogen) atoms. The van der Waals surface area contributed by atoms with Crippen molar-refractivity contribution in [1.82, 2.24) is 25.6 Å². The first-order valence-corrected chi connectivity index (χ1v) is 7.60. The minimum Gasteiger partial charge on any atom is -0.383 e. The van der Waals surface area contributed by atoms with Crippen LogP contribution in [0.25, 0.3) is 5.69 Å². The van der Waals surface area contributed by atoms with Gasteiger partial charge in [0, 0.05) is 26.7 Å². The van der Waals surface area contributed by atoms with Gasteiger partial charge in [-0.2, -0.15) is 0 Å². The maximum Gasteiger partial charge on any atom is 0.273 e. The summed E-state index contributed by atoms with van der Waals surface area (Å²) in [7, 11) is 1.66. The molecule has 1 aromatic carbocycles. The molecule has 0 radical (unpaired) electrons. The molecule has 7 nitrogen and oxygen atoms in total. The quantitative estimate of drug-likeness (QED) is 0.698. The van der Waals surface area contributed by atoms with Crippen molar-refractivity contribution in [2.24, 2.45) is 0 Å². The molecule has 2 rings (SSSR count). The Morgan fingerprint density at radius 2 is 2.04 bits per heavy atom. The standard InChI is InChI=1S/C16H23N5O2.ClH/c1-12-5-4-6-14(11-12)21-13(2)15(19-20-21)16(22)18-8-7-17-9-10-23-3;/h4-6,11,17H,7-10H2,1-3H3,(H,18,22);1H. The molecule has 1 amide bonds. The van der Waals surface area contributed by atoms with Crippen LogP contribution in [-0.4, -0.2) is 54.3 Å². The van der Waals surface area contributed by atoms with E-state index in [0.29, 0.717) is 25.4 Å². The zero-order valence-electron chi connectivity index (χ0n) is 14.2. The zero-order chi connectivity index (χ0) is 16.7. The van der Waals surface area contributed by atoms with E-state index < -0.39 is 0 Å². The van der Waals surface area contributed by atoms with Crippen molar-refractivity contribution in [3.8, 4) is 5.69 Å². The van der Waals surface area contributed by atoms with Crippen molar-refractivity contribution in [3.05, 3.63) is 41.2 Å². The number of carbonyl (C=O) groups excluding carboxylic acids is 1. The van der Waals surface area contributed by atoms with Crippen LogP contribution in [0, 0.1) is 13.8 Å². The van der Waals surface area contributed by atoms with Crippen LogP contribution in [0.1, 0.15) is 21.7 Å². The van der Waals surface area contributed by atoms with Crippen LogP contribution in [0.5, 0.6) is 0 Å². The summed E-state index contributed by atoms with van der Waals surface area (Å²) in [6, 6.07) is 7.91. The highest BCUT2D eigenvalue weighted by Crippen LogP contribution is 2.13. The van der Waals surface area contributed by atoms with E-state index in [1.165, 1.54) is 0 Å². The maximum atomic E-state index is 12.2. The van der Waals surface area contributed by atoms with Crippen LogP contribution >= 0.6 is 12.4 Å². The number of hydrogen-bond acceptors (Lipinski definition) is 5. The number of aryl methyl sites for hydroxylation is 1. The average Bonchev–Trinajstić information content (AvgIpc) is 2.92. The van der Waals surface area contributed by atoms with Crippen LogP contribution in [0.15, 0.2) is 24.3 Å². The van der Waals surface area contributed by atoms with E-state index >= 15 is 0 Å². The van der Waals surface area contributed by atoms with Crippen molar-refractivity contribution in [1.29, 1.82) is 0 Å². The summed E-state index contributed by atoms with van der Waals surface area (Å²) in [4.78, 5) is 12.2. The lowest BCUT2D eigenvalue weighted by Crippen LogP contribution is -2.33. The SMILES string of the molecule is COCCNCCNC(=O)c1nnn(-c2cccc(C)c2)c1C.Cl. The van der Waals surface area contributed by atoms with Gasteiger partial charge in [0.05, 0.1) is 18.0 Å². The fraction of sp³-hybridized carbons (Fsp3) is 0.438. The Labute approximate surface area is 148 Å². The van der Waals surface area contributed by atoms with Crippen molar-refractivity contribution in [3.63, 3.8) is 0 Å². The number of nitrogens with one attached hydrogen (secondary N) is 2. The van der Waals surface area contributed by atoms with E-state index in [1.54, 1.807) is 11.8 Å². The number of ether oxygens (including phenoxy) is 1. The van der Waals surface area contributed by atoms with E-state index in [0.717, 1.165) is 23.5 Å². The Hall–Kier alpha value is -1.96. The van der Waals surface area contributed by atoms with Crippen LogP contribution in [0.3, 0.4) is 0 Å². The molecule has 132 valence electrons. The van der Waals surface area contributed by atoms with Crippen LogP contribution in [0.2, 0.25) is 0 Å². The van der Waals surface area contributed by atoms with E-state index in [2.05, 4.69) is 20.9 Å². The van der Waals surface area contributed by atoms with Crippen molar-refractivity contribution in [2.75, 3.05) is 33.4 Å². The van der Waals surface area contributed by atoms with Gasteiger partial charge >= 0.3 is 0 Å². The molecule has 0 spiro atoms. The van der Waals surface area contributed by atoms with Crippen molar-refractivity contribution in [2.45, 2.75) is 13.8 Å². The third kappa shape index (κ3) is 5.30. The number of halogens is 1. The Morgan fingerprint density at radius 1 is 1.25 bits per heavy atom.